The Morgan fingerprint density at radius 1 is 1.16 bits per heavy atom. The van der Waals surface area contributed by atoms with Crippen molar-refractivity contribution in [3.05, 3.63) is 71.6 Å². The summed E-state index contributed by atoms with van der Waals surface area (Å²) in [5, 5.41) is 0. The van der Waals surface area contributed by atoms with Crippen LogP contribution >= 0.6 is 0 Å². The quantitative estimate of drug-likeness (QED) is 0.735. The molecule has 3 saturated heterocycles. The number of rotatable bonds is 1. The number of hydrogen-bond acceptors (Lipinski definition) is 3. The highest BCUT2D eigenvalue weighted by Crippen LogP contribution is 2.57. The molecule has 1 aliphatic carbocycles. The van der Waals surface area contributed by atoms with Gasteiger partial charge in [0.25, 0.3) is 0 Å². The number of allylic oxidation sites excluding steroid dienone is 4. The van der Waals surface area contributed by atoms with Crippen LogP contribution in [0.5, 0.6) is 0 Å². The minimum absolute atomic E-state index is 0.213. The summed E-state index contributed by atoms with van der Waals surface area (Å²) in [5.41, 5.74) is 0.105. The van der Waals surface area contributed by atoms with E-state index in [0.717, 1.165) is 30.5 Å². The molecule has 3 fully saturated rings. The van der Waals surface area contributed by atoms with E-state index < -0.39 is 11.0 Å². The van der Waals surface area contributed by atoms with Crippen molar-refractivity contribution in [2.24, 2.45) is 0 Å². The highest BCUT2D eigenvalue weighted by Gasteiger charge is 2.69. The maximum atomic E-state index is 14.0. The van der Waals surface area contributed by atoms with Crippen LogP contribution in [0.15, 0.2) is 66.0 Å². The van der Waals surface area contributed by atoms with Gasteiger partial charge in [-0.25, -0.2) is 4.39 Å². The number of nitrogens with zero attached hydrogens (tertiary/aromatic N) is 1. The molecule has 3 heterocycles. The van der Waals surface area contributed by atoms with Crippen LogP contribution in [0.25, 0.3) is 0 Å². The minimum atomic E-state index is -1.02. The second kappa shape index (κ2) is 5.15. The lowest BCUT2D eigenvalue weighted by Crippen LogP contribution is -2.71. The van der Waals surface area contributed by atoms with Crippen LogP contribution in [0, 0.1) is 0 Å². The highest BCUT2D eigenvalue weighted by molar-refractivity contribution is 5.95. The molecular weight excluding hydrogens is 317 g/mol. The standard InChI is InChI=1S/C21H20FNO2/c22-16-9-10-17-20(12-11-16,15-6-2-1-3-7-15)19(24)25-21(17)14-23-13-5-4-8-18(21)23/h1-3,6-7,9-12,18H,4-5,8,13-14H2/t18-,20-,21+/m0/s1. The number of carbonyl (C=O) groups excluding carboxylic acids is 1. The van der Waals surface area contributed by atoms with Crippen LogP contribution in [-0.2, 0) is 14.9 Å². The lowest BCUT2D eigenvalue weighted by molar-refractivity contribution is -0.180. The summed E-state index contributed by atoms with van der Waals surface area (Å²) in [7, 11) is 0. The summed E-state index contributed by atoms with van der Waals surface area (Å²) < 4.78 is 20.1. The summed E-state index contributed by atoms with van der Waals surface area (Å²) in [6, 6.07) is 9.82. The van der Waals surface area contributed by atoms with Gasteiger partial charge in [-0.05, 0) is 37.1 Å². The zero-order chi connectivity index (χ0) is 17.1. The Labute approximate surface area is 146 Å². The fraction of sp³-hybridized carbons (Fsp3) is 0.381. The third-order valence-corrected chi connectivity index (χ3v) is 6.20. The third-order valence-electron chi connectivity index (χ3n) is 6.20. The van der Waals surface area contributed by atoms with Gasteiger partial charge < -0.3 is 4.74 Å². The van der Waals surface area contributed by atoms with Gasteiger partial charge in [0.05, 0.1) is 6.04 Å². The molecule has 4 heteroatoms. The van der Waals surface area contributed by atoms with Gasteiger partial charge in [-0.15, -0.1) is 0 Å². The van der Waals surface area contributed by atoms with Crippen molar-refractivity contribution in [1.82, 2.24) is 4.90 Å². The number of carbonyl (C=O) groups is 1. The van der Waals surface area contributed by atoms with E-state index in [1.54, 1.807) is 12.2 Å². The van der Waals surface area contributed by atoms with Crippen LogP contribution < -0.4 is 0 Å². The van der Waals surface area contributed by atoms with E-state index in [1.165, 1.54) is 18.6 Å². The molecule has 3 aliphatic heterocycles. The van der Waals surface area contributed by atoms with Gasteiger partial charge in [0, 0.05) is 12.1 Å². The van der Waals surface area contributed by atoms with Crippen LogP contribution in [-0.4, -0.2) is 35.6 Å². The molecule has 3 nitrogen and oxygen atoms in total. The van der Waals surface area contributed by atoms with E-state index in [2.05, 4.69) is 4.90 Å². The zero-order valence-electron chi connectivity index (χ0n) is 14.0. The summed E-state index contributed by atoms with van der Waals surface area (Å²) in [5.74, 6) is -0.616. The second-order valence-corrected chi connectivity index (χ2v) is 7.40. The van der Waals surface area contributed by atoms with E-state index in [0.29, 0.717) is 6.54 Å². The predicted molar refractivity (Wildman–Crippen MR) is 92.6 cm³/mol. The van der Waals surface area contributed by atoms with Gasteiger partial charge in [0.15, 0.2) is 5.60 Å². The van der Waals surface area contributed by atoms with E-state index in [1.807, 2.05) is 30.3 Å². The molecule has 0 saturated carbocycles. The lowest BCUT2D eigenvalue weighted by Gasteiger charge is -2.57. The number of fused-ring (bicyclic) bond motifs is 4. The molecule has 1 aromatic rings. The number of halogens is 1. The van der Waals surface area contributed by atoms with Crippen LogP contribution in [0.1, 0.15) is 24.8 Å². The molecule has 1 spiro atoms. The molecule has 1 aromatic carbocycles. The van der Waals surface area contributed by atoms with Crippen molar-refractivity contribution < 1.29 is 13.9 Å². The first-order chi connectivity index (χ1) is 12.2. The lowest BCUT2D eigenvalue weighted by atomic mass is 9.64. The normalized spacial score (nSPS) is 36.7. The van der Waals surface area contributed by atoms with Crippen LogP contribution in [0.3, 0.4) is 0 Å². The molecule has 3 atom stereocenters. The molecule has 0 radical (unpaired) electrons. The fourth-order valence-corrected chi connectivity index (χ4v) is 5.04. The van der Waals surface area contributed by atoms with E-state index >= 15 is 0 Å². The van der Waals surface area contributed by atoms with Crippen molar-refractivity contribution in [2.45, 2.75) is 36.3 Å². The first kappa shape index (κ1) is 15.1. The van der Waals surface area contributed by atoms with Gasteiger partial charge in [0.2, 0.25) is 0 Å². The molecule has 4 aliphatic rings. The molecule has 0 amide bonds. The van der Waals surface area contributed by atoms with Crippen LogP contribution in [0.2, 0.25) is 0 Å². The Morgan fingerprint density at radius 2 is 2.00 bits per heavy atom. The Kier molecular flexibility index (Phi) is 3.11. The number of benzene rings is 1. The van der Waals surface area contributed by atoms with Crippen molar-refractivity contribution in [3.8, 4) is 0 Å². The largest absolute Gasteiger partial charge is 0.450 e. The molecule has 25 heavy (non-hydrogen) atoms. The van der Waals surface area contributed by atoms with Crippen molar-refractivity contribution in [3.63, 3.8) is 0 Å². The molecule has 0 N–H and O–H groups in total. The SMILES string of the molecule is O=C1O[C@]2(CN3CCCC[C@H]32)C2=CC=C(F)C=C[C@@]12c1ccccc1. The van der Waals surface area contributed by atoms with Gasteiger partial charge in [0.1, 0.15) is 11.2 Å². The first-order valence-electron chi connectivity index (χ1n) is 8.97. The monoisotopic (exact) mass is 337 g/mol. The Bertz CT molecular complexity index is 828. The van der Waals surface area contributed by atoms with E-state index in [-0.39, 0.29) is 17.8 Å². The minimum Gasteiger partial charge on any atom is -0.450 e. The molecule has 5 rings (SSSR count). The highest BCUT2D eigenvalue weighted by atomic mass is 19.1. The Hall–Kier alpha value is -2.20. The predicted octanol–water partition coefficient (Wildman–Crippen LogP) is 3.44. The third kappa shape index (κ3) is 1.86. The van der Waals surface area contributed by atoms with Crippen LogP contribution in [0.4, 0.5) is 4.39 Å². The van der Waals surface area contributed by atoms with Crippen molar-refractivity contribution in [1.29, 1.82) is 0 Å². The summed E-state index contributed by atoms with van der Waals surface area (Å²) in [4.78, 5) is 15.6. The number of ether oxygens (including phenoxy) is 1. The number of piperidine rings is 1. The Morgan fingerprint density at radius 3 is 2.80 bits per heavy atom. The number of hydrogen-bond donors (Lipinski definition) is 0. The summed E-state index contributed by atoms with van der Waals surface area (Å²) in [6.07, 6.45) is 9.70. The zero-order valence-corrected chi connectivity index (χ0v) is 14.0. The molecule has 0 bridgehead atoms. The molecule has 128 valence electrons. The van der Waals surface area contributed by atoms with Crippen molar-refractivity contribution >= 4 is 5.97 Å². The smallest absolute Gasteiger partial charge is 0.325 e. The summed E-state index contributed by atoms with van der Waals surface area (Å²) >= 11 is 0. The number of esters is 1. The van der Waals surface area contributed by atoms with Gasteiger partial charge in [-0.3, -0.25) is 9.69 Å². The van der Waals surface area contributed by atoms with E-state index in [9.17, 15) is 9.18 Å². The maximum Gasteiger partial charge on any atom is 0.325 e. The maximum absolute atomic E-state index is 14.0. The molecule has 0 aromatic heterocycles. The second-order valence-electron chi connectivity index (χ2n) is 7.40. The van der Waals surface area contributed by atoms with Gasteiger partial charge >= 0.3 is 5.97 Å². The average molecular weight is 337 g/mol. The summed E-state index contributed by atoms with van der Waals surface area (Å²) in [6.45, 7) is 1.77. The average Bonchev–Trinajstić information content (AvgIpc) is 2.75. The first-order valence-corrected chi connectivity index (χ1v) is 8.97. The molecule has 0 unspecified atom stereocenters. The molecular formula is C21H20FNO2. The Balaban J connectivity index is 1.70. The van der Waals surface area contributed by atoms with Crippen molar-refractivity contribution in [2.75, 3.05) is 13.1 Å². The fourth-order valence-electron chi connectivity index (χ4n) is 5.04. The van der Waals surface area contributed by atoms with Gasteiger partial charge in [-0.1, -0.05) is 48.9 Å². The van der Waals surface area contributed by atoms with Gasteiger partial charge in [-0.2, -0.15) is 0 Å². The topological polar surface area (TPSA) is 29.5 Å². The van der Waals surface area contributed by atoms with E-state index in [4.69, 9.17) is 4.74 Å².